The first-order valence-electron chi connectivity index (χ1n) is 8.36. The molecule has 1 aromatic carbocycles. The predicted molar refractivity (Wildman–Crippen MR) is 88.8 cm³/mol. The fourth-order valence-corrected chi connectivity index (χ4v) is 3.49. The van der Waals surface area contributed by atoms with Gasteiger partial charge in [0.05, 0.1) is 18.8 Å². The Labute approximate surface area is 140 Å². The fourth-order valence-electron chi connectivity index (χ4n) is 3.49. The summed E-state index contributed by atoms with van der Waals surface area (Å²) >= 11 is 0. The summed E-state index contributed by atoms with van der Waals surface area (Å²) < 4.78 is 5.56. The highest BCUT2D eigenvalue weighted by Gasteiger charge is 2.36. The number of carbonyl (C=O) groups is 1. The van der Waals surface area contributed by atoms with Crippen molar-refractivity contribution in [1.82, 2.24) is 10.3 Å². The Balaban J connectivity index is 1.59. The van der Waals surface area contributed by atoms with Crippen LogP contribution >= 0.6 is 0 Å². The number of benzene rings is 1. The number of hydrogen-bond acceptors (Lipinski definition) is 4. The number of aliphatic hydroxyl groups excluding tert-OH is 1. The van der Waals surface area contributed by atoms with Crippen molar-refractivity contribution in [3.63, 3.8) is 0 Å². The van der Waals surface area contributed by atoms with Crippen LogP contribution in [0, 0.1) is 5.92 Å². The Bertz CT molecular complexity index is 742. The predicted octanol–water partition coefficient (Wildman–Crippen LogP) is 2.26. The lowest BCUT2D eigenvalue weighted by molar-refractivity contribution is 0.0234. The molecular formula is C19H20N2O3. The van der Waals surface area contributed by atoms with E-state index in [1.807, 2.05) is 12.1 Å². The van der Waals surface area contributed by atoms with Gasteiger partial charge in [-0.05, 0) is 54.2 Å². The van der Waals surface area contributed by atoms with E-state index in [4.69, 9.17) is 4.74 Å². The van der Waals surface area contributed by atoms with Crippen LogP contribution in [0.5, 0.6) is 5.75 Å². The first kappa shape index (κ1) is 15.1. The monoisotopic (exact) mass is 324 g/mol. The normalized spacial score (nSPS) is 22.9. The minimum atomic E-state index is -0.262. The molecule has 0 unspecified atom stereocenters. The molecule has 1 amide bonds. The maximum atomic E-state index is 12.5. The lowest BCUT2D eigenvalue weighted by Gasteiger charge is -2.38. The van der Waals surface area contributed by atoms with E-state index in [0.29, 0.717) is 25.1 Å². The van der Waals surface area contributed by atoms with Crippen molar-refractivity contribution in [2.45, 2.75) is 31.4 Å². The van der Waals surface area contributed by atoms with E-state index in [-0.39, 0.29) is 24.0 Å². The van der Waals surface area contributed by atoms with Gasteiger partial charge in [0.2, 0.25) is 0 Å². The summed E-state index contributed by atoms with van der Waals surface area (Å²) in [5, 5.41) is 12.8. The molecule has 1 aliphatic carbocycles. The highest BCUT2D eigenvalue weighted by atomic mass is 16.5. The second-order valence-electron chi connectivity index (χ2n) is 6.52. The van der Waals surface area contributed by atoms with Gasteiger partial charge in [-0.2, -0.15) is 0 Å². The Morgan fingerprint density at radius 1 is 1.29 bits per heavy atom. The number of fused-ring (bicyclic) bond motifs is 1. The van der Waals surface area contributed by atoms with Gasteiger partial charge in [0, 0.05) is 12.6 Å². The van der Waals surface area contributed by atoms with Crippen LogP contribution in [0.2, 0.25) is 0 Å². The molecule has 2 heterocycles. The number of nitrogens with zero attached hydrogens (tertiary/aromatic N) is 1. The van der Waals surface area contributed by atoms with E-state index in [1.165, 1.54) is 5.56 Å². The highest BCUT2D eigenvalue weighted by molar-refractivity contribution is 5.92. The maximum absolute atomic E-state index is 12.5. The molecule has 0 saturated heterocycles. The van der Waals surface area contributed by atoms with Crippen molar-refractivity contribution in [2.24, 2.45) is 5.92 Å². The van der Waals surface area contributed by atoms with Crippen LogP contribution in [0.1, 0.15) is 40.5 Å². The number of carbonyl (C=O) groups excluding carboxylic acids is 1. The maximum Gasteiger partial charge on any atom is 0.270 e. The second-order valence-corrected chi connectivity index (χ2v) is 6.52. The summed E-state index contributed by atoms with van der Waals surface area (Å²) in [6.45, 7) is 0.714. The van der Waals surface area contributed by atoms with E-state index < -0.39 is 0 Å². The second kappa shape index (κ2) is 6.24. The molecule has 24 heavy (non-hydrogen) atoms. The zero-order valence-corrected chi connectivity index (χ0v) is 13.3. The molecule has 5 heteroatoms. The Morgan fingerprint density at radius 3 is 2.92 bits per heavy atom. The molecule has 2 aliphatic rings. The molecule has 124 valence electrons. The first-order chi connectivity index (χ1) is 11.7. The van der Waals surface area contributed by atoms with Crippen LogP contribution in [-0.2, 0) is 6.42 Å². The van der Waals surface area contributed by atoms with Crippen LogP contribution in [0.4, 0.5) is 0 Å². The van der Waals surface area contributed by atoms with Gasteiger partial charge < -0.3 is 15.2 Å². The van der Waals surface area contributed by atoms with Crippen molar-refractivity contribution in [3.8, 4) is 5.75 Å². The molecule has 0 spiro atoms. The van der Waals surface area contributed by atoms with Crippen LogP contribution in [0.15, 0.2) is 42.6 Å². The number of aromatic nitrogens is 1. The largest absolute Gasteiger partial charge is 0.493 e. The minimum absolute atomic E-state index is 0.117. The van der Waals surface area contributed by atoms with E-state index in [2.05, 4.69) is 16.4 Å². The molecule has 1 atom stereocenters. The van der Waals surface area contributed by atoms with Crippen LogP contribution in [0.25, 0.3) is 0 Å². The van der Waals surface area contributed by atoms with E-state index >= 15 is 0 Å². The SMILES string of the molecule is O=C(N[C@H](c1ccc2c(c1)CCO2)C1CC(O)C1)c1ccccn1. The molecule has 4 rings (SSSR count). The Hall–Kier alpha value is -2.40. The number of amides is 1. The van der Waals surface area contributed by atoms with Crippen LogP contribution in [-0.4, -0.2) is 28.7 Å². The van der Waals surface area contributed by atoms with E-state index in [0.717, 1.165) is 17.7 Å². The Morgan fingerprint density at radius 2 is 2.17 bits per heavy atom. The van der Waals surface area contributed by atoms with E-state index in [1.54, 1.807) is 24.4 Å². The average Bonchev–Trinajstić information content (AvgIpc) is 3.05. The standard InChI is InChI=1S/C19H20N2O3/c22-15-10-14(11-15)18(21-19(23)16-3-1-2-7-20-16)13-4-5-17-12(9-13)6-8-24-17/h1-5,7,9,14-15,18,22H,6,8,10-11H2,(H,21,23)/t14?,15?,18-/m1/s1. The molecule has 2 aromatic rings. The molecule has 1 saturated carbocycles. The minimum Gasteiger partial charge on any atom is -0.493 e. The Kier molecular flexibility index (Phi) is 3.94. The molecule has 1 fully saturated rings. The van der Waals surface area contributed by atoms with Gasteiger partial charge in [0.1, 0.15) is 11.4 Å². The lowest BCUT2D eigenvalue weighted by Crippen LogP contribution is -2.41. The fraction of sp³-hybridized carbons (Fsp3) is 0.368. The summed E-state index contributed by atoms with van der Waals surface area (Å²) in [4.78, 5) is 16.6. The van der Waals surface area contributed by atoms with Gasteiger partial charge in [-0.25, -0.2) is 0 Å². The van der Waals surface area contributed by atoms with Crippen LogP contribution < -0.4 is 10.1 Å². The number of hydrogen-bond donors (Lipinski definition) is 2. The summed E-state index contributed by atoms with van der Waals surface area (Å²) in [6.07, 6.45) is 3.67. The quantitative estimate of drug-likeness (QED) is 0.905. The zero-order valence-electron chi connectivity index (χ0n) is 13.3. The van der Waals surface area contributed by atoms with Gasteiger partial charge in [0.25, 0.3) is 5.91 Å². The van der Waals surface area contributed by atoms with E-state index in [9.17, 15) is 9.90 Å². The molecule has 1 aliphatic heterocycles. The lowest BCUT2D eigenvalue weighted by atomic mass is 9.74. The number of rotatable bonds is 4. The molecule has 5 nitrogen and oxygen atoms in total. The smallest absolute Gasteiger partial charge is 0.270 e. The average molecular weight is 324 g/mol. The molecule has 0 radical (unpaired) electrons. The third-order valence-electron chi connectivity index (χ3n) is 4.88. The van der Waals surface area contributed by atoms with Crippen molar-refractivity contribution >= 4 is 5.91 Å². The number of nitrogens with one attached hydrogen (secondary N) is 1. The third kappa shape index (κ3) is 2.87. The molecule has 1 aromatic heterocycles. The van der Waals surface area contributed by atoms with Gasteiger partial charge in [-0.3, -0.25) is 9.78 Å². The zero-order chi connectivity index (χ0) is 16.5. The van der Waals surface area contributed by atoms with Crippen molar-refractivity contribution in [2.75, 3.05) is 6.61 Å². The van der Waals surface area contributed by atoms with Gasteiger partial charge in [-0.1, -0.05) is 12.1 Å². The number of pyridine rings is 1. The van der Waals surface area contributed by atoms with Gasteiger partial charge in [-0.15, -0.1) is 0 Å². The van der Waals surface area contributed by atoms with Gasteiger partial charge >= 0.3 is 0 Å². The van der Waals surface area contributed by atoms with Crippen molar-refractivity contribution in [3.05, 3.63) is 59.4 Å². The third-order valence-corrected chi connectivity index (χ3v) is 4.88. The summed E-state index contributed by atoms with van der Waals surface area (Å²) in [5.74, 6) is 0.994. The summed E-state index contributed by atoms with van der Waals surface area (Å²) in [5.41, 5.74) is 2.66. The van der Waals surface area contributed by atoms with Gasteiger partial charge in [0.15, 0.2) is 0 Å². The van der Waals surface area contributed by atoms with Crippen LogP contribution in [0.3, 0.4) is 0 Å². The molecule has 0 bridgehead atoms. The first-order valence-corrected chi connectivity index (χ1v) is 8.36. The van der Waals surface area contributed by atoms with Crippen molar-refractivity contribution in [1.29, 1.82) is 0 Å². The molecular weight excluding hydrogens is 304 g/mol. The number of aliphatic hydroxyl groups is 1. The number of ether oxygens (including phenoxy) is 1. The highest BCUT2D eigenvalue weighted by Crippen LogP contribution is 2.39. The topological polar surface area (TPSA) is 71.5 Å². The summed E-state index contributed by atoms with van der Waals surface area (Å²) in [7, 11) is 0. The molecule has 2 N–H and O–H groups in total. The van der Waals surface area contributed by atoms with Crippen molar-refractivity contribution < 1.29 is 14.6 Å². The summed E-state index contributed by atoms with van der Waals surface area (Å²) in [6, 6.07) is 11.3.